The van der Waals surface area contributed by atoms with E-state index in [2.05, 4.69) is 47.5 Å². The van der Waals surface area contributed by atoms with Gasteiger partial charge in [-0.2, -0.15) is 0 Å². The van der Waals surface area contributed by atoms with Gasteiger partial charge in [0, 0.05) is 26.2 Å². The van der Waals surface area contributed by atoms with E-state index in [4.69, 9.17) is 4.74 Å². The molecular formula is C18H30N2O. The van der Waals surface area contributed by atoms with Crippen LogP contribution in [0, 0.1) is 0 Å². The zero-order chi connectivity index (χ0) is 14.8. The molecule has 0 aromatic heterocycles. The van der Waals surface area contributed by atoms with Gasteiger partial charge in [0.2, 0.25) is 0 Å². The molecule has 1 N–H and O–H groups in total. The Morgan fingerprint density at radius 1 is 1.19 bits per heavy atom. The van der Waals surface area contributed by atoms with Gasteiger partial charge in [-0.1, -0.05) is 37.3 Å². The van der Waals surface area contributed by atoms with Crippen molar-refractivity contribution in [2.24, 2.45) is 0 Å². The minimum atomic E-state index is 0.442. The van der Waals surface area contributed by atoms with Crippen molar-refractivity contribution >= 4 is 0 Å². The van der Waals surface area contributed by atoms with Gasteiger partial charge in [0.1, 0.15) is 0 Å². The molecule has 0 radical (unpaired) electrons. The van der Waals surface area contributed by atoms with Crippen molar-refractivity contribution in [2.45, 2.75) is 45.3 Å². The average Bonchev–Trinajstić information content (AvgIpc) is 2.95. The quantitative estimate of drug-likeness (QED) is 0.670. The highest BCUT2D eigenvalue weighted by Gasteiger charge is 2.22. The molecule has 0 spiro atoms. The number of rotatable bonds is 10. The van der Waals surface area contributed by atoms with Gasteiger partial charge in [-0.25, -0.2) is 0 Å². The van der Waals surface area contributed by atoms with Gasteiger partial charge in [-0.3, -0.25) is 4.90 Å². The lowest BCUT2D eigenvalue weighted by Crippen LogP contribution is -2.23. The van der Waals surface area contributed by atoms with Crippen LogP contribution in [0.25, 0.3) is 0 Å². The highest BCUT2D eigenvalue weighted by atomic mass is 16.5. The first-order valence-electron chi connectivity index (χ1n) is 8.47. The predicted molar refractivity (Wildman–Crippen MR) is 88.5 cm³/mol. The smallest absolute Gasteiger partial charge is 0.0714 e. The first kappa shape index (κ1) is 16.5. The van der Waals surface area contributed by atoms with Crippen LogP contribution < -0.4 is 5.32 Å². The molecule has 1 aromatic rings. The standard InChI is InChI=1S/C18H30N2O/c1-2-11-19-12-6-7-14-21-18-10-13-20(16-18)15-17-8-4-3-5-9-17/h3-5,8-9,18-19H,2,6-7,10-16H2,1H3. The minimum absolute atomic E-state index is 0.442. The molecule has 1 aliphatic heterocycles. The molecule has 0 saturated carbocycles. The molecule has 1 aliphatic rings. The number of likely N-dealkylation sites (tertiary alicyclic amines) is 1. The summed E-state index contributed by atoms with van der Waals surface area (Å²) in [7, 11) is 0. The Morgan fingerprint density at radius 3 is 2.86 bits per heavy atom. The van der Waals surface area contributed by atoms with Crippen LogP contribution in [0.4, 0.5) is 0 Å². The number of nitrogens with zero attached hydrogens (tertiary/aromatic N) is 1. The van der Waals surface area contributed by atoms with Crippen molar-refractivity contribution in [1.29, 1.82) is 0 Å². The van der Waals surface area contributed by atoms with Gasteiger partial charge < -0.3 is 10.1 Å². The predicted octanol–water partition coefficient (Wildman–Crippen LogP) is 3.06. The summed E-state index contributed by atoms with van der Waals surface area (Å²) in [6.07, 6.45) is 5.24. The molecule has 1 unspecified atom stereocenters. The first-order valence-corrected chi connectivity index (χ1v) is 8.47. The number of benzene rings is 1. The molecule has 1 aromatic carbocycles. The Labute approximate surface area is 129 Å². The summed E-state index contributed by atoms with van der Waals surface area (Å²) >= 11 is 0. The van der Waals surface area contributed by atoms with Crippen LogP contribution in [0.2, 0.25) is 0 Å². The Balaban J connectivity index is 1.52. The average molecular weight is 290 g/mol. The number of hydrogen-bond acceptors (Lipinski definition) is 3. The Kier molecular flexibility index (Phi) is 7.79. The number of hydrogen-bond donors (Lipinski definition) is 1. The maximum atomic E-state index is 6.01. The lowest BCUT2D eigenvalue weighted by atomic mass is 10.2. The largest absolute Gasteiger partial charge is 0.377 e. The summed E-state index contributed by atoms with van der Waals surface area (Å²) in [4.78, 5) is 2.50. The normalized spacial score (nSPS) is 19.2. The van der Waals surface area contributed by atoms with E-state index >= 15 is 0 Å². The lowest BCUT2D eigenvalue weighted by molar-refractivity contribution is 0.0561. The van der Waals surface area contributed by atoms with E-state index in [1.807, 2.05) is 0 Å². The van der Waals surface area contributed by atoms with E-state index in [0.29, 0.717) is 6.10 Å². The van der Waals surface area contributed by atoms with Gasteiger partial charge in [-0.05, 0) is 44.3 Å². The number of unbranched alkanes of at least 4 members (excludes halogenated alkanes) is 1. The van der Waals surface area contributed by atoms with E-state index in [1.54, 1.807) is 0 Å². The lowest BCUT2D eigenvalue weighted by Gasteiger charge is -2.16. The molecule has 0 amide bonds. The monoisotopic (exact) mass is 290 g/mol. The van der Waals surface area contributed by atoms with Gasteiger partial charge in [0.05, 0.1) is 6.10 Å². The maximum absolute atomic E-state index is 6.01. The van der Waals surface area contributed by atoms with Gasteiger partial charge in [-0.15, -0.1) is 0 Å². The second-order valence-electron chi connectivity index (χ2n) is 5.96. The van der Waals surface area contributed by atoms with Crippen LogP contribution >= 0.6 is 0 Å². The van der Waals surface area contributed by atoms with Crippen LogP contribution in [-0.4, -0.2) is 43.8 Å². The van der Waals surface area contributed by atoms with Gasteiger partial charge >= 0.3 is 0 Å². The van der Waals surface area contributed by atoms with Crippen LogP contribution in [0.15, 0.2) is 30.3 Å². The molecule has 3 nitrogen and oxygen atoms in total. The van der Waals surface area contributed by atoms with Crippen LogP contribution in [0.1, 0.15) is 38.2 Å². The third kappa shape index (κ3) is 6.60. The third-order valence-electron chi connectivity index (χ3n) is 4.01. The SMILES string of the molecule is CCCNCCCCOC1CCN(Cc2ccccc2)C1. The van der Waals surface area contributed by atoms with E-state index in [0.717, 1.165) is 39.3 Å². The molecule has 0 bridgehead atoms. The maximum Gasteiger partial charge on any atom is 0.0714 e. The zero-order valence-electron chi connectivity index (χ0n) is 13.4. The highest BCUT2D eigenvalue weighted by Crippen LogP contribution is 2.16. The summed E-state index contributed by atoms with van der Waals surface area (Å²) in [6.45, 7) is 8.69. The van der Waals surface area contributed by atoms with Crippen LogP contribution in [-0.2, 0) is 11.3 Å². The Bertz CT molecular complexity index is 369. The second kappa shape index (κ2) is 9.93. The van der Waals surface area contributed by atoms with Crippen molar-refractivity contribution in [3.8, 4) is 0 Å². The van der Waals surface area contributed by atoms with E-state index in [1.165, 1.54) is 31.2 Å². The molecule has 2 rings (SSSR count). The summed E-state index contributed by atoms with van der Waals surface area (Å²) in [5.41, 5.74) is 1.40. The van der Waals surface area contributed by atoms with Crippen molar-refractivity contribution in [1.82, 2.24) is 10.2 Å². The molecule has 1 saturated heterocycles. The summed E-state index contributed by atoms with van der Waals surface area (Å²) in [5, 5.41) is 3.43. The van der Waals surface area contributed by atoms with Crippen molar-refractivity contribution in [3.63, 3.8) is 0 Å². The number of ether oxygens (including phenoxy) is 1. The summed E-state index contributed by atoms with van der Waals surface area (Å²) < 4.78 is 6.01. The van der Waals surface area contributed by atoms with Crippen molar-refractivity contribution < 1.29 is 4.74 Å². The van der Waals surface area contributed by atoms with Crippen molar-refractivity contribution in [3.05, 3.63) is 35.9 Å². The Hall–Kier alpha value is -0.900. The van der Waals surface area contributed by atoms with Gasteiger partial charge in [0.15, 0.2) is 0 Å². The fourth-order valence-electron chi connectivity index (χ4n) is 2.82. The number of nitrogens with one attached hydrogen (secondary N) is 1. The highest BCUT2D eigenvalue weighted by molar-refractivity contribution is 5.14. The molecule has 1 heterocycles. The summed E-state index contributed by atoms with van der Waals surface area (Å²) in [6, 6.07) is 10.7. The fraction of sp³-hybridized carbons (Fsp3) is 0.667. The molecule has 118 valence electrons. The first-order chi connectivity index (χ1) is 10.4. The van der Waals surface area contributed by atoms with E-state index < -0.39 is 0 Å². The van der Waals surface area contributed by atoms with E-state index in [9.17, 15) is 0 Å². The fourth-order valence-corrected chi connectivity index (χ4v) is 2.82. The van der Waals surface area contributed by atoms with Gasteiger partial charge in [0.25, 0.3) is 0 Å². The molecule has 1 atom stereocenters. The molecule has 21 heavy (non-hydrogen) atoms. The summed E-state index contributed by atoms with van der Waals surface area (Å²) in [5.74, 6) is 0. The topological polar surface area (TPSA) is 24.5 Å². The molecule has 1 fully saturated rings. The van der Waals surface area contributed by atoms with E-state index in [-0.39, 0.29) is 0 Å². The minimum Gasteiger partial charge on any atom is -0.377 e. The van der Waals surface area contributed by atoms with Crippen LogP contribution in [0.3, 0.4) is 0 Å². The zero-order valence-corrected chi connectivity index (χ0v) is 13.4. The molecular weight excluding hydrogens is 260 g/mol. The van der Waals surface area contributed by atoms with Crippen LogP contribution in [0.5, 0.6) is 0 Å². The second-order valence-corrected chi connectivity index (χ2v) is 5.96. The molecule has 3 heteroatoms. The van der Waals surface area contributed by atoms with Crippen molar-refractivity contribution in [2.75, 3.05) is 32.8 Å². The third-order valence-corrected chi connectivity index (χ3v) is 4.01. The molecule has 0 aliphatic carbocycles. The Morgan fingerprint density at radius 2 is 2.05 bits per heavy atom.